The van der Waals surface area contributed by atoms with Gasteiger partial charge in [0.1, 0.15) is 0 Å². The fourth-order valence-corrected chi connectivity index (χ4v) is 2.63. The van der Waals surface area contributed by atoms with Gasteiger partial charge in [-0.25, -0.2) is 0 Å². The number of nitrogen functional groups attached to an aromatic ring is 1. The van der Waals surface area contributed by atoms with Crippen molar-refractivity contribution in [2.45, 2.75) is 19.4 Å². The molecule has 1 aromatic heterocycles. The van der Waals surface area contributed by atoms with Gasteiger partial charge >= 0.3 is 0 Å². The van der Waals surface area contributed by atoms with Crippen LogP contribution in [0, 0.1) is 5.92 Å². The third-order valence-electron chi connectivity index (χ3n) is 3.99. The number of nitrogens with zero attached hydrogens (tertiary/aromatic N) is 4. The molecule has 2 atom stereocenters. The topological polar surface area (TPSA) is 98.4 Å². The summed E-state index contributed by atoms with van der Waals surface area (Å²) in [6.45, 7) is 6.63. The minimum atomic E-state index is 0.240. The van der Waals surface area contributed by atoms with Crippen LogP contribution in [0.25, 0.3) is 0 Å². The molecule has 0 aliphatic carbocycles. The van der Waals surface area contributed by atoms with Crippen molar-refractivity contribution in [1.29, 1.82) is 0 Å². The van der Waals surface area contributed by atoms with Gasteiger partial charge in [-0.15, -0.1) is 0 Å². The van der Waals surface area contributed by atoms with Gasteiger partial charge in [-0.3, -0.25) is 0 Å². The molecule has 0 amide bonds. The van der Waals surface area contributed by atoms with E-state index in [4.69, 9.17) is 15.2 Å². The number of nitrogens with one attached hydrogen (secondary N) is 1. The van der Waals surface area contributed by atoms with Crippen LogP contribution in [0.5, 0.6) is 0 Å². The number of ether oxygens (including phenoxy) is 2. The Hall–Kier alpha value is -1.67. The minimum absolute atomic E-state index is 0.240. The Morgan fingerprint density at radius 1 is 1.24 bits per heavy atom. The second kappa shape index (κ2) is 6.40. The van der Waals surface area contributed by atoms with E-state index in [1.165, 1.54) is 0 Å². The maximum absolute atomic E-state index is 5.79. The summed E-state index contributed by atoms with van der Waals surface area (Å²) in [6.07, 6.45) is 1.33. The molecule has 8 nitrogen and oxygen atoms in total. The predicted octanol–water partition coefficient (Wildman–Crippen LogP) is 0.127. The van der Waals surface area contributed by atoms with E-state index >= 15 is 0 Å². The van der Waals surface area contributed by atoms with Crippen molar-refractivity contribution in [2.24, 2.45) is 5.92 Å². The van der Waals surface area contributed by atoms with Crippen molar-refractivity contribution in [3.8, 4) is 0 Å². The second-order valence-electron chi connectivity index (χ2n) is 5.42. The molecule has 3 rings (SSSR count). The summed E-state index contributed by atoms with van der Waals surface area (Å²) in [4.78, 5) is 14.9. The third-order valence-corrected chi connectivity index (χ3v) is 3.99. The van der Waals surface area contributed by atoms with E-state index in [9.17, 15) is 0 Å². The Kier molecular flexibility index (Phi) is 4.35. The van der Waals surface area contributed by atoms with Crippen LogP contribution in [-0.2, 0) is 9.47 Å². The van der Waals surface area contributed by atoms with Crippen molar-refractivity contribution >= 4 is 17.8 Å². The monoisotopic (exact) mass is 294 g/mol. The van der Waals surface area contributed by atoms with Crippen LogP contribution in [0.2, 0.25) is 0 Å². The number of rotatable bonds is 4. The van der Waals surface area contributed by atoms with Gasteiger partial charge in [-0.05, 0) is 13.3 Å². The molecule has 0 saturated carbocycles. The lowest BCUT2D eigenvalue weighted by Gasteiger charge is -2.27. The predicted molar refractivity (Wildman–Crippen MR) is 79.3 cm³/mol. The highest BCUT2D eigenvalue weighted by atomic mass is 16.5. The summed E-state index contributed by atoms with van der Waals surface area (Å²) in [5, 5.41) is 3.26. The van der Waals surface area contributed by atoms with Gasteiger partial charge in [0.25, 0.3) is 0 Å². The van der Waals surface area contributed by atoms with E-state index in [0.29, 0.717) is 31.0 Å². The lowest BCUT2D eigenvalue weighted by atomic mass is 10.0. The molecule has 21 heavy (non-hydrogen) atoms. The molecule has 0 aromatic carbocycles. The van der Waals surface area contributed by atoms with E-state index in [1.807, 2.05) is 0 Å². The van der Waals surface area contributed by atoms with Crippen LogP contribution < -0.4 is 16.0 Å². The molecule has 0 radical (unpaired) electrons. The zero-order valence-corrected chi connectivity index (χ0v) is 12.3. The highest BCUT2D eigenvalue weighted by molar-refractivity contribution is 5.42. The molecule has 2 aliphatic heterocycles. The fourth-order valence-electron chi connectivity index (χ4n) is 2.63. The molecular weight excluding hydrogens is 272 g/mol. The van der Waals surface area contributed by atoms with Crippen molar-refractivity contribution < 1.29 is 9.47 Å². The van der Waals surface area contributed by atoms with Crippen molar-refractivity contribution in [3.05, 3.63) is 0 Å². The number of nitrogens with two attached hydrogens (primary N) is 1. The minimum Gasteiger partial charge on any atom is -0.378 e. The first-order valence-electron chi connectivity index (χ1n) is 7.42. The maximum atomic E-state index is 5.79. The first-order chi connectivity index (χ1) is 10.2. The summed E-state index contributed by atoms with van der Waals surface area (Å²) in [6, 6.07) is 0. The maximum Gasteiger partial charge on any atom is 0.232 e. The second-order valence-corrected chi connectivity index (χ2v) is 5.42. The summed E-state index contributed by atoms with van der Waals surface area (Å²) >= 11 is 0. The van der Waals surface area contributed by atoms with E-state index in [2.05, 4.69) is 32.1 Å². The molecule has 0 spiro atoms. The number of hydrogen-bond acceptors (Lipinski definition) is 8. The first kappa shape index (κ1) is 14.3. The number of morpholine rings is 1. The van der Waals surface area contributed by atoms with Crippen LogP contribution in [0.3, 0.4) is 0 Å². The quantitative estimate of drug-likeness (QED) is 0.808. The van der Waals surface area contributed by atoms with Gasteiger partial charge < -0.3 is 25.4 Å². The number of anilines is 3. The van der Waals surface area contributed by atoms with Crippen LogP contribution in [0.15, 0.2) is 0 Å². The van der Waals surface area contributed by atoms with E-state index in [-0.39, 0.29) is 12.1 Å². The van der Waals surface area contributed by atoms with Gasteiger partial charge in [-0.1, -0.05) is 0 Å². The lowest BCUT2D eigenvalue weighted by Crippen LogP contribution is -2.37. The lowest BCUT2D eigenvalue weighted by molar-refractivity contribution is 0.108. The highest BCUT2D eigenvalue weighted by Crippen LogP contribution is 2.21. The largest absolute Gasteiger partial charge is 0.378 e. The molecule has 3 heterocycles. The standard InChI is InChI=1S/C13H22N6O2/c1-9-10(2-5-21-9)8-15-12-16-11(14)17-13(18-12)19-3-6-20-7-4-19/h9-10H,2-8H2,1H3,(H3,14,15,16,17,18). The summed E-state index contributed by atoms with van der Waals surface area (Å²) < 4.78 is 10.9. The average Bonchev–Trinajstić information content (AvgIpc) is 2.91. The summed E-state index contributed by atoms with van der Waals surface area (Å²) in [5.74, 6) is 1.87. The zero-order chi connectivity index (χ0) is 14.7. The fraction of sp³-hybridized carbons (Fsp3) is 0.769. The molecule has 116 valence electrons. The average molecular weight is 294 g/mol. The Morgan fingerprint density at radius 2 is 2.05 bits per heavy atom. The summed E-state index contributed by atoms with van der Waals surface area (Å²) in [7, 11) is 0. The van der Waals surface area contributed by atoms with E-state index in [1.54, 1.807) is 0 Å². The normalized spacial score (nSPS) is 26.0. The van der Waals surface area contributed by atoms with Gasteiger partial charge in [0.05, 0.1) is 19.3 Å². The highest BCUT2D eigenvalue weighted by Gasteiger charge is 2.24. The van der Waals surface area contributed by atoms with Crippen LogP contribution in [0.4, 0.5) is 17.8 Å². The SMILES string of the molecule is CC1OCCC1CNc1nc(N)nc(N2CCOCC2)n1. The Balaban J connectivity index is 1.65. The molecular formula is C13H22N6O2. The molecule has 1 aromatic rings. The van der Waals surface area contributed by atoms with Gasteiger partial charge in [0, 0.05) is 32.2 Å². The molecule has 2 fully saturated rings. The van der Waals surface area contributed by atoms with Gasteiger partial charge in [-0.2, -0.15) is 15.0 Å². The molecule has 0 bridgehead atoms. The van der Waals surface area contributed by atoms with Crippen LogP contribution in [-0.4, -0.2) is 60.5 Å². The van der Waals surface area contributed by atoms with E-state index in [0.717, 1.165) is 32.7 Å². The van der Waals surface area contributed by atoms with Gasteiger partial charge in [0.15, 0.2) is 0 Å². The molecule has 2 aliphatic rings. The Morgan fingerprint density at radius 3 is 2.76 bits per heavy atom. The molecule has 3 N–H and O–H groups in total. The smallest absolute Gasteiger partial charge is 0.232 e. The van der Waals surface area contributed by atoms with Crippen LogP contribution in [0.1, 0.15) is 13.3 Å². The number of aromatic nitrogens is 3. The zero-order valence-electron chi connectivity index (χ0n) is 12.3. The Bertz CT molecular complexity index is 480. The molecule has 2 unspecified atom stereocenters. The molecule has 2 saturated heterocycles. The summed E-state index contributed by atoms with van der Waals surface area (Å²) in [5.41, 5.74) is 5.79. The molecule has 8 heteroatoms. The number of hydrogen-bond donors (Lipinski definition) is 2. The van der Waals surface area contributed by atoms with Gasteiger partial charge in [0.2, 0.25) is 17.8 Å². The first-order valence-corrected chi connectivity index (χ1v) is 7.42. The third kappa shape index (κ3) is 3.51. The van der Waals surface area contributed by atoms with E-state index < -0.39 is 0 Å². The van der Waals surface area contributed by atoms with Crippen molar-refractivity contribution in [1.82, 2.24) is 15.0 Å². The van der Waals surface area contributed by atoms with Crippen molar-refractivity contribution in [2.75, 3.05) is 55.4 Å². The van der Waals surface area contributed by atoms with Crippen LogP contribution >= 0.6 is 0 Å². The Labute approximate surface area is 124 Å². The van der Waals surface area contributed by atoms with Crippen molar-refractivity contribution in [3.63, 3.8) is 0 Å².